The topological polar surface area (TPSA) is 59.1 Å². The molecule has 0 radical (unpaired) electrons. The molecule has 3 atom stereocenters. The number of fused-ring (bicyclic) bond motifs is 3. The van der Waals surface area contributed by atoms with Crippen LogP contribution in [0.25, 0.3) is 0 Å². The Bertz CT molecular complexity index is 1110. The van der Waals surface area contributed by atoms with Crippen LogP contribution >= 0.6 is 11.6 Å². The summed E-state index contributed by atoms with van der Waals surface area (Å²) < 4.78 is 14.4. The summed E-state index contributed by atoms with van der Waals surface area (Å²) in [6.07, 6.45) is 0.208. The van der Waals surface area contributed by atoms with Gasteiger partial charge in [-0.15, -0.1) is 0 Å². The number of hydrogen-bond acceptors (Lipinski definition) is 5. The number of carbonyl (C=O) groups excluding carboxylic acids is 2. The van der Waals surface area contributed by atoms with Crippen LogP contribution in [-0.4, -0.2) is 65.3 Å². The molecule has 0 bridgehead atoms. The monoisotopic (exact) mass is 471 g/mol. The highest BCUT2D eigenvalue weighted by Crippen LogP contribution is 2.34. The minimum Gasteiger partial charge on any atom is -0.343 e. The summed E-state index contributed by atoms with van der Waals surface area (Å²) in [5, 5.41) is 3.70. The van der Waals surface area contributed by atoms with Gasteiger partial charge >= 0.3 is 6.03 Å². The SMILES string of the molecule is Cc1ccc(N2CCCN3C4C(=O)N(Cc5c(F)cccc5Cl)C(=O)N(C)C4NC23)cc1C. The van der Waals surface area contributed by atoms with E-state index in [4.69, 9.17) is 11.6 Å². The van der Waals surface area contributed by atoms with Gasteiger partial charge in [0, 0.05) is 36.4 Å². The van der Waals surface area contributed by atoms with E-state index in [9.17, 15) is 14.0 Å². The third kappa shape index (κ3) is 3.57. The lowest BCUT2D eigenvalue weighted by molar-refractivity contribution is -0.139. The zero-order chi connectivity index (χ0) is 23.4. The Morgan fingerprint density at radius 3 is 2.64 bits per heavy atom. The molecular formula is C24H27ClFN5O2. The molecule has 5 rings (SSSR count). The van der Waals surface area contributed by atoms with E-state index < -0.39 is 24.1 Å². The van der Waals surface area contributed by atoms with Gasteiger partial charge in [0.25, 0.3) is 5.91 Å². The number of hydrogen-bond donors (Lipinski definition) is 1. The smallest absolute Gasteiger partial charge is 0.328 e. The number of likely N-dealkylation sites (N-methyl/N-ethyl adjacent to an activating group) is 1. The normalized spacial score (nSPS) is 25.5. The maximum absolute atomic E-state index is 14.4. The lowest BCUT2D eigenvalue weighted by Crippen LogP contribution is -2.66. The second-order valence-corrected chi connectivity index (χ2v) is 9.41. The van der Waals surface area contributed by atoms with Crippen LogP contribution in [0.2, 0.25) is 5.02 Å². The molecule has 3 heterocycles. The van der Waals surface area contributed by atoms with E-state index in [1.54, 1.807) is 13.1 Å². The molecule has 3 aliphatic heterocycles. The number of benzene rings is 2. The van der Waals surface area contributed by atoms with Crippen molar-refractivity contribution in [2.75, 3.05) is 25.0 Å². The number of imide groups is 1. The molecule has 3 unspecified atom stereocenters. The molecule has 9 heteroatoms. The first kappa shape index (κ1) is 22.1. The van der Waals surface area contributed by atoms with Gasteiger partial charge in [0.1, 0.15) is 24.3 Å². The molecule has 3 saturated heterocycles. The quantitative estimate of drug-likeness (QED) is 0.744. The van der Waals surface area contributed by atoms with Crippen LogP contribution in [0.15, 0.2) is 36.4 Å². The number of halogens is 2. The Balaban J connectivity index is 1.46. The molecule has 0 saturated carbocycles. The molecule has 3 fully saturated rings. The minimum atomic E-state index is -0.558. The van der Waals surface area contributed by atoms with E-state index in [1.807, 2.05) is 0 Å². The van der Waals surface area contributed by atoms with Crippen molar-refractivity contribution < 1.29 is 14.0 Å². The molecule has 0 aromatic heterocycles. The molecule has 7 nitrogen and oxygen atoms in total. The molecule has 0 spiro atoms. The van der Waals surface area contributed by atoms with Crippen LogP contribution < -0.4 is 10.2 Å². The second kappa shape index (κ2) is 8.27. The van der Waals surface area contributed by atoms with Gasteiger partial charge in [0.2, 0.25) is 0 Å². The summed E-state index contributed by atoms with van der Waals surface area (Å²) in [6, 6.07) is 9.68. The van der Waals surface area contributed by atoms with Gasteiger partial charge in [-0.25, -0.2) is 9.18 Å². The van der Waals surface area contributed by atoms with Gasteiger partial charge in [-0.05, 0) is 55.7 Å². The molecule has 1 N–H and O–H groups in total. The van der Waals surface area contributed by atoms with E-state index in [2.05, 4.69) is 47.2 Å². The first-order valence-corrected chi connectivity index (χ1v) is 11.5. The summed E-state index contributed by atoms with van der Waals surface area (Å²) in [6.45, 7) is 5.54. The number of carbonyl (C=O) groups is 2. The Hall–Kier alpha value is -2.68. The number of anilines is 1. The lowest BCUT2D eigenvalue weighted by Gasteiger charge is -2.44. The van der Waals surface area contributed by atoms with Crippen molar-refractivity contribution in [2.24, 2.45) is 0 Å². The minimum absolute atomic E-state index is 0.144. The van der Waals surface area contributed by atoms with Crippen LogP contribution in [0.5, 0.6) is 0 Å². The standard InChI is InChI=1S/C24H27ClFN5O2/c1-14-8-9-16(12-15(14)2)29-10-5-11-30-20-21(27-23(29)30)28(3)24(33)31(22(20)32)13-17-18(25)6-4-7-19(17)26/h4,6-9,12,20-21,23,27H,5,10-11,13H2,1-3H3. The van der Waals surface area contributed by atoms with E-state index >= 15 is 0 Å². The number of nitrogens with one attached hydrogen (secondary N) is 1. The second-order valence-electron chi connectivity index (χ2n) is 9.00. The molecule has 33 heavy (non-hydrogen) atoms. The maximum atomic E-state index is 14.4. The first-order chi connectivity index (χ1) is 15.8. The highest BCUT2D eigenvalue weighted by molar-refractivity contribution is 6.31. The Labute approximate surface area is 197 Å². The summed E-state index contributed by atoms with van der Waals surface area (Å²) in [7, 11) is 1.67. The third-order valence-corrected chi connectivity index (χ3v) is 7.42. The summed E-state index contributed by atoms with van der Waals surface area (Å²) in [5.41, 5.74) is 3.65. The zero-order valence-electron chi connectivity index (χ0n) is 18.9. The third-order valence-electron chi connectivity index (χ3n) is 7.07. The molecule has 3 aliphatic rings. The number of aryl methyl sites for hydroxylation is 2. The van der Waals surface area contributed by atoms with Crippen molar-refractivity contribution in [1.82, 2.24) is 20.0 Å². The molecule has 174 valence electrons. The summed E-state index contributed by atoms with van der Waals surface area (Å²) >= 11 is 6.18. The van der Waals surface area contributed by atoms with Gasteiger partial charge in [-0.3, -0.25) is 19.9 Å². The molecule has 2 aromatic rings. The highest BCUT2D eigenvalue weighted by Gasteiger charge is 2.56. The predicted octanol–water partition coefficient (Wildman–Crippen LogP) is 3.28. The fourth-order valence-corrected chi connectivity index (χ4v) is 5.30. The fraction of sp³-hybridized carbons (Fsp3) is 0.417. The van der Waals surface area contributed by atoms with Crippen LogP contribution in [-0.2, 0) is 11.3 Å². The number of urea groups is 1. The van der Waals surface area contributed by atoms with Crippen molar-refractivity contribution in [1.29, 1.82) is 0 Å². The summed E-state index contributed by atoms with van der Waals surface area (Å²) in [5.74, 6) is -0.867. The van der Waals surface area contributed by atoms with E-state index in [0.29, 0.717) is 0 Å². The van der Waals surface area contributed by atoms with E-state index in [-0.39, 0.29) is 29.3 Å². The van der Waals surface area contributed by atoms with Crippen molar-refractivity contribution in [3.05, 3.63) is 63.9 Å². The lowest BCUT2D eigenvalue weighted by atomic mass is 10.1. The molecule has 0 aliphatic carbocycles. The van der Waals surface area contributed by atoms with Crippen LogP contribution in [0.1, 0.15) is 23.1 Å². The Morgan fingerprint density at radius 2 is 1.91 bits per heavy atom. The average molecular weight is 472 g/mol. The van der Waals surface area contributed by atoms with Crippen LogP contribution in [0.3, 0.4) is 0 Å². The first-order valence-electron chi connectivity index (χ1n) is 11.1. The van der Waals surface area contributed by atoms with Crippen molar-refractivity contribution in [3.63, 3.8) is 0 Å². The van der Waals surface area contributed by atoms with Gasteiger partial charge < -0.3 is 9.80 Å². The summed E-state index contributed by atoms with van der Waals surface area (Å²) in [4.78, 5) is 33.8. The average Bonchev–Trinajstić information content (AvgIpc) is 3.19. The Kier molecular flexibility index (Phi) is 5.55. The van der Waals surface area contributed by atoms with Gasteiger partial charge in [-0.1, -0.05) is 23.7 Å². The largest absolute Gasteiger partial charge is 0.343 e. The van der Waals surface area contributed by atoms with Crippen molar-refractivity contribution in [3.8, 4) is 0 Å². The fourth-order valence-electron chi connectivity index (χ4n) is 5.07. The van der Waals surface area contributed by atoms with Crippen LogP contribution in [0.4, 0.5) is 14.9 Å². The predicted molar refractivity (Wildman–Crippen MR) is 124 cm³/mol. The van der Waals surface area contributed by atoms with E-state index in [0.717, 1.165) is 30.1 Å². The number of rotatable bonds is 3. The molecular weight excluding hydrogens is 445 g/mol. The van der Waals surface area contributed by atoms with Gasteiger partial charge in [-0.2, -0.15) is 0 Å². The number of nitrogens with zero attached hydrogens (tertiary/aromatic N) is 4. The van der Waals surface area contributed by atoms with Crippen molar-refractivity contribution in [2.45, 2.75) is 45.3 Å². The maximum Gasteiger partial charge on any atom is 0.328 e. The number of amides is 3. The zero-order valence-corrected chi connectivity index (χ0v) is 19.6. The highest BCUT2D eigenvalue weighted by atomic mass is 35.5. The van der Waals surface area contributed by atoms with Gasteiger partial charge in [0.15, 0.2) is 0 Å². The van der Waals surface area contributed by atoms with Gasteiger partial charge in [0.05, 0.1) is 6.54 Å². The van der Waals surface area contributed by atoms with Crippen LogP contribution in [0, 0.1) is 19.7 Å². The molecule has 2 aromatic carbocycles. The van der Waals surface area contributed by atoms with E-state index in [1.165, 1.54) is 28.2 Å². The molecule has 3 amide bonds. The Morgan fingerprint density at radius 1 is 1.12 bits per heavy atom. The van der Waals surface area contributed by atoms with Crippen molar-refractivity contribution >= 4 is 29.2 Å².